The van der Waals surface area contributed by atoms with Crippen LogP contribution < -0.4 is 5.32 Å². The molecule has 1 heterocycles. The summed E-state index contributed by atoms with van der Waals surface area (Å²) in [7, 11) is 0. The van der Waals surface area contributed by atoms with Crippen LogP contribution >= 0.6 is 0 Å². The fourth-order valence-corrected chi connectivity index (χ4v) is 13.8. The fraction of sp³-hybridized carbons (Fsp3) is 0.440. The highest BCUT2D eigenvalue weighted by atomic mass is 16.3. The van der Waals surface area contributed by atoms with E-state index >= 15 is 0 Å². The van der Waals surface area contributed by atoms with E-state index in [4.69, 9.17) is 9.98 Å². The Labute approximate surface area is 345 Å². The lowest BCUT2D eigenvalue weighted by Crippen LogP contribution is -2.74. The molecule has 8 atom stereocenters. The van der Waals surface area contributed by atoms with Crippen LogP contribution in [-0.4, -0.2) is 61.4 Å². The van der Waals surface area contributed by atoms with Gasteiger partial charge >= 0.3 is 0 Å². The van der Waals surface area contributed by atoms with Crippen LogP contribution in [0.4, 0.5) is 0 Å². The Hall–Kier alpha value is -5.12. The number of benzene rings is 4. The van der Waals surface area contributed by atoms with E-state index in [1.165, 1.54) is 81.5 Å². The maximum absolute atomic E-state index is 12.2. The Morgan fingerprint density at radius 3 is 2.39 bits per heavy atom. The summed E-state index contributed by atoms with van der Waals surface area (Å²) in [5.74, 6) is 0.0571. The van der Waals surface area contributed by atoms with Crippen LogP contribution in [0, 0.1) is 34.0 Å². The lowest BCUT2D eigenvalue weighted by Gasteiger charge is -2.71. The van der Waals surface area contributed by atoms with Gasteiger partial charge in [-0.2, -0.15) is 0 Å². The maximum Gasteiger partial charge on any atom is 0.169 e. The average molecular weight is 794 g/mol. The van der Waals surface area contributed by atoms with Gasteiger partial charge in [0.25, 0.3) is 0 Å². The number of aryl methyl sites for hydroxylation is 1. The molecule has 9 nitrogen and oxygen atoms in total. The van der Waals surface area contributed by atoms with Gasteiger partial charge in [0.1, 0.15) is 12.4 Å². The van der Waals surface area contributed by atoms with Gasteiger partial charge in [-0.15, -0.1) is 0 Å². The predicted octanol–water partition coefficient (Wildman–Crippen LogP) is 8.96. The number of aliphatic imine (C=N–C) groups is 2. The molecule has 1 aliphatic heterocycles. The number of allylic oxidation sites excluding steroid dienone is 1. The van der Waals surface area contributed by atoms with Crippen LogP contribution in [0.25, 0.3) is 22.9 Å². The van der Waals surface area contributed by atoms with E-state index in [2.05, 4.69) is 47.9 Å². The van der Waals surface area contributed by atoms with Crippen molar-refractivity contribution in [1.29, 1.82) is 0 Å². The Balaban J connectivity index is 0.929. The van der Waals surface area contributed by atoms with Crippen molar-refractivity contribution in [3.05, 3.63) is 101 Å². The Morgan fingerprint density at radius 2 is 1.58 bits per heavy atom. The van der Waals surface area contributed by atoms with Crippen LogP contribution in [0.3, 0.4) is 0 Å². The summed E-state index contributed by atoms with van der Waals surface area (Å²) in [5.41, 5.74) is 5.17. The van der Waals surface area contributed by atoms with Gasteiger partial charge in [0.15, 0.2) is 23.0 Å². The van der Waals surface area contributed by atoms with Crippen LogP contribution in [0.15, 0.2) is 82.8 Å². The summed E-state index contributed by atoms with van der Waals surface area (Å²) in [5, 5.41) is 70.2. The molecule has 59 heavy (non-hydrogen) atoms. The van der Waals surface area contributed by atoms with Gasteiger partial charge in [-0.25, -0.2) is 0 Å². The van der Waals surface area contributed by atoms with Crippen molar-refractivity contribution in [3.8, 4) is 28.7 Å². The molecule has 6 aliphatic rings. The van der Waals surface area contributed by atoms with Crippen molar-refractivity contribution in [3.63, 3.8) is 0 Å². The number of rotatable bonds is 9. The molecule has 4 aromatic rings. The van der Waals surface area contributed by atoms with Crippen molar-refractivity contribution < 1.29 is 30.6 Å². The second-order valence-corrected chi connectivity index (χ2v) is 18.4. The molecule has 2 spiro atoms. The van der Waals surface area contributed by atoms with E-state index in [1.54, 1.807) is 30.4 Å². The average Bonchev–Trinajstić information content (AvgIpc) is 4.03. The molecule has 0 amide bonds. The van der Waals surface area contributed by atoms with Crippen LogP contribution in [0.1, 0.15) is 92.0 Å². The number of aromatic hydroxyl groups is 5. The third-order valence-corrected chi connectivity index (χ3v) is 16.1. The van der Waals surface area contributed by atoms with E-state index in [0.29, 0.717) is 60.0 Å². The normalized spacial score (nSPS) is 31.9. The molecule has 7 N–H and O–H groups in total. The minimum absolute atomic E-state index is 0.102. The smallest absolute Gasteiger partial charge is 0.169 e. The Morgan fingerprint density at radius 1 is 0.746 bits per heavy atom. The summed E-state index contributed by atoms with van der Waals surface area (Å²) in [6.07, 6.45) is 22.7. The molecule has 0 aromatic heterocycles. The van der Waals surface area contributed by atoms with E-state index in [1.807, 2.05) is 0 Å². The summed E-state index contributed by atoms with van der Waals surface area (Å²) in [4.78, 5) is 9.94. The standard InChI is InChI=1S/C50H55N3O6/c54-38-19-14-31(26-41(38)57)13-17-35-36-6-1-7-39(55)44(36)46(59)45(58)37(35)18-12-30-8-10-32(11-9-30)27-52-42-21-16-34-5-3-23-49(34)25-24-48-22-2-4-33(48)15-20-40(56)47(48)50(42,49)43-28-51-29-53-43/h1,6-11,13-15,17,19-20,26,28,33-34,40,42,47,52,54-59H,2-5,12,16,18,21-25,27,29H2/b17-13+/t33-,34-,40+,42-,47-,48+,49+,50-/m1/s1. The quantitative estimate of drug-likeness (QED) is 0.0507. The molecule has 0 unspecified atom stereocenters. The third-order valence-electron chi connectivity index (χ3n) is 16.1. The molecule has 0 bridgehead atoms. The molecule has 4 fully saturated rings. The maximum atomic E-state index is 12.2. The van der Waals surface area contributed by atoms with E-state index in [0.717, 1.165) is 17.7 Å². The van der Waals surface area contributed by atoms with Crippen molar-refractivity contribution >= 4 is 34.9 Å². The Kier molecular flexibility index (Phi) is 9.40. The zero-order valence-electron chi connectivity index (χ0n) is 33.5. The van der Waals surface area contributed by atoms with E-state index < -0.39 is 6.10 Å². The molecule has 4 aromatic carbocycles. The number of fused-ring (bicyclic) bond motifs is 2. The summed E-state index contributed by atoms with van der Waals surface area (Å²) in [6, 6.07) is 18.3. The monoisotopic (exact) mass is 793 g/mol. The lowest BCUT2D eigenvalue weighted by atomic mass is 9.34. The third kappa shape index (κ3) is 5.78. The minimum atomic E-state index is -0.493. The second kappa shape index (κ2) is 14.6. The molecule has 0 radical (unpaired) electrons. The summed E-state index contributed by atoms with van der Waals surface area (Å²) >= 11 is 0. The van der Waals surface area contributed by atoms with Crippen LogP contribution in [-0.2, 0) is 19.4 Å². The number of hydrogen-bond donors (Lipinski definition) is 7. The second-order valence-electron chi connectivity index (χ2n) is 18.4. The molecular weight excluding hydrogens is 739 g/mol. The number of phenols is 5. The minimum Gasteiger partial charge on any atom is -0.507 e. The first-order valence-corrected chi connectivity index (χ1v) is 21.8. The lowest BCUT2D eigenvalue weighted by molar-refractivity contribution is -0.187. The van der Waals surface area contributed by atoms with Crippen molar-refractivity contribution in [2.24, 2.45) is 44.0 Å². The highest BCUT2D eigenvalue weighted by Gasteiger charge is 2.75. The SMILES string of the molecule is Oc1ccc(/C=C/c2c(CCc3ccc(CN[C@@H]4CC[C@H]5CCC[C@]56CC[C@@]57CCC[C@@H]5C=C[C@H](O)[C@H]7[C@]46C4=NCN=C4)cc3)c(O)c(O)c3c(O)cccc23)cc1O. The zero-order chi connectivity index (χ0) is 40.5. The first-order chi connectivity index (χ1) is 28.7. The summed E-state index contributed by atoms with van der Waals surface area (Å²) < 4.78 is 0. The number of hydrogen-bond acceptors (Lipinski definition) is 9. The molecule has 0 saturated heterocycles. The number of aliphatic hydroxyl groups excluding tert-OH is 1. The van der Waals surface area contributed by atoms with E-state index in [9.17, 15) is 30.6 Å². The van der Waals surface area contributed by atoms with Gasteiger partial charge in [0.2, 0.25) is 0 Å². The molecule has 9 heteroatoms. The first-order valence-electron chi connectivity index (χ1n) is 21.8. The highest BCUT2D eigenvalue weighted by Crippen LogP contribution is 2.76. The van der Waals surface area contributed by atoms with Gasteiger partial charge in [-0.1, -0.05) is 79.6 Å². The van der Waals surface area contributed by atoms with Crippen LogP contribution in [0.5, 0.6) is 28.7 Å². The van der Waals surface area contributed by atoms with Gasteiger partial charge in [0, 0.05) is 35.7 Å². The predicted molar refractivity (Wildman–Crippen MR) is 232 cm³/mol. The first kappa shape index (κ1) is 38.1. The van der Waals surface area contributed by atoms with Crippen molar-refractivity contribution in [2.75, 3.05) is 6.67 Å². The van der Waals surface area contributed by atoms with Crippen molar-refractivity contribution in [2.45, 2.75) is 95.7 Å². The van der Waals surface area contributed by atoms with Gasteiger partial charge in [0.05, 0.1) is 17.2 Å². The zero-order valence-corrected chi connectivity index (χ0v) is 33.5. The number of nitrogens with one attached hydrogen (secondary N) is 1. The van der Waals surface area contributed by atoms with Gasteiger partial charge in [-0.05, 0) is 133 Å². The molecule has 10 rings (SSSR count). The molecule has 306 valence electrons. The molecule has 5 aliphatic carbocycles. The fourth-order valence-electron chi connectivity index (χ4n) is 13.8. The van der Waals surface area contributed by atoms with Crippen LogP contribution in [0.2, 0.25) is 0 Å². The van der Waals surface area contributed by atoms with Gasteiger partial charge < -0.3 is 36.0 Å². The largest absolute Gasteiger partial charge is 0.507 e. The molecule has 4 saturated carbocycles. The topological polar surface area (TPSA) is 158 Å². The summed E-state index contributed by atoms with van der Waals surface area (Å²) in [6.45, 7) is 1.19. The van der Waals surface area contributed by atoms with Crippen molar-refractivity contribution in [1.82, 2.24) is 5.32 Å². The number of nitrogens with zero attached hydrogens (tertiary/aromatic N) is 2. The molecular formula is C50H55N3O6. The Bertz CT molecular complexity index is 2420. The highest BCUT2D eigenvalue weighted by molar-refractivity contribution is 6.34. The number of phenolic OH excluding ortho intramolecular Hbond substituents is 5. The number of aliphatic hydroxyl groups is 1. The van der Waals surface area contributed by atoms with Gasteiger partial charge in [-0.3, -0.25) is 9.98 Å². The van der Waals surface area contributed by atoms with E-state index in [-0.39, 0.29) is 62.3 Å².